The highest BCUT2D eigenvalue weighted by atomic mass is 32.2. The van der Waals surface area contributed by atoms with Crippen LogP contribution >= 0.6 is 0 Å². The molecule has 0 fully saturated rings. The molecule has 0 spiro atoms. The minimum Gasteiger partial charge on any atom is -0.222 e. The van der Waals surface area contributed by atoms with Crippen LogP contribution < -0.4 is 0 Å². The molecule has 0 unspecified atom stereocenters. The zero-order chi connectivity index (χ0) is 8.48. The molecule has 1 aromatic heterocycles. The summed E-state index contributed by atoms with van der Waals surface area (Å²) < 4.78 is 21.6. The van der Waals surface area contributed by atoms with Gasteiger partial charge in [0, 0.05) is 6.26 Å². The van der Waals surface area contributed by atoms with E-state index in [1.54, 1.807) is 6.07 Å². The van der Waals surface area contributed by atoms with Crippen molar-refractivity contribution in [3.8, 4) is 6.07 Å². The van der Waals surface area contributed by atoms with Gasteiger partial charge in [-0.2, -0.15) is 10.5 Å². The lowest BCUT2D eigenvalue weighted by Crippen LogP contribution is -1.99. The van der Waals surface area contributed by atoms with Gasteiger partial charge >= 0.3 is 0 Å². The SMILES string of the molecule is CS(=O)(=O)c1n[nH]nc1C#N. The second-order valence-corrected chi connectivity index (χ2v) is 3.79. The highest BCUT2D eigenvalue weighted by Gasteiger charge is 2.17. The Kier molecular flexibility index (Phi) is 1.62. The molecule has 1 N–H and O–H groups in total. The van der Waals surface area contributed by atoms with E-state index in [-0.39, 0.29) is 10.7 Å². The van der Waals surface area contributed by atoms with Gasteiger partial charge in [-0.15, -0.1) is 10.2 Å². The molecule has 0 atom stereocenters. The van der Waals surface area contributed by atoms with E-state index in [9.17, 15) is 8.42 Å². The molecule has 0 amide bonds. The van der Waals surface area contributed by atoms with Crippen LogP contribution in [-0.2, 0) is 9.84 Å². The van der Waals surface area contributed by atoms with Crippen molar-refractivity contribution in [1.29, 1.82) is 5.26 Å². The number of nitriles is 1. The number of nitrogens with one attached hydrogen (secondary N) is 1. The summed E-state index contributed by atoms with van der Waals surface area (Å²) in [6.45, 7) is 0. The van der Waals surface area contributed by atoms with E-state index in [0.29, 0.717) is 0 Å². The first-order chi connectivity index (χ1) is 5.05. The molecule has 11 heavy (non-hydrogen) atoms. The number of hydrogen-bond acceptors (Lipinski definition) is 5. The van der Waals surface area contributed by atoms with Gasteiger partial charge in [0.05, 0.1) is 0 Å². The molecule has 0 aromatic carbocycles. The van der Waals surface area contributed by atoms with E-state index < -0.39 is 9.84 Å². The highest BCUT2D eigenvalue weighted by molar-refractivity contribution is 7.90. The summed E-state index contributed by atoms with van der Waals surface area (Å²) in [4.78, 5) is 0. The van der Waals surface area contributed by atoms with Crippen LogP contribution in [0.2, 0.25) is 0 Å². The minimum absolute atomic E-state index is 0.201. The average Bonchev–Trinajstić information content (AvgIpc) is 2.31. The monoisotopic (exact) mass is 172 g/mol. The molecule has 0 saturated heterocycles. The fourth-order valence-electron chi connectivity index (χ4n) is 0.553. The summed E-state index contributed by atoms with van der Waals surface area (Å²) in [6.07, 6.45) is 0.964. The maximum Gasteiger partial charge on any atom is 0.214 e. The number of aromatic nitrogens is 3. The lowest BCUT2D eigenvalue weighted by atomic mass is 10.5. The van der Waals surface area contributed by atoms with Crippen molar-refractivity contribution in [1.82, 2.24) is 15.4 Å². The largest absolute Gasteiger partial charge is 0.222 e. The quantitative estimate of drug-likeness (QED) is 0.590. The van der Waals surface area contributed by atoms with Crippen LogP contribution in [0.4, 0.5) is 0 Å². The summed E-state index contributed by atoms with van der Waals surface area (Å²) >= 11 is 0. The summed E-state index contributed by atoms with van der Waals surface area (Å²) in [5, 5.41) is 16.7. The average molecular weight is 172 g/mol. The predicted octanol–water partition coefficient (Wildman–Crippen LogP) is -0.920. The Balaban J connectivity index is 3.39. The zero-order valence-electron chi connectivity index (χ0n) is 5.57. The maximum absolute atomic E-state index is 10.8. The lowest BCUT2D eigenvalue weighted by Gasteiger charge is -1.86. The van der Waals surface area contributed by atoms with Gasteiger partial charge in [0.15, 0.2) is 9.84 Å². The van der Waals surface area contributed by atoms with Gasteiger partial charge in [-0.05, 0) is 0 Å². The first kappa shape index (κ1) is 7.68. The normalized spacial score (nSPS) is 10.9. The summed E-state index contributed by atoms with van der Waals surface area (Å²) in [7, 11) is -3.43. The van der Waals surface area contributed by atoms with Crippen molar-refractivity contribution in [2.24, 2.45) is 0 Å². The Morgan fingerprint density at radius 2 is 2.18 bits per heavy atom. The minimum atomic E-state index is -3.43. The van der Waals surface area contributed by atoms with Crippen LogP contribution in [0.25, 0.3) is 0 Å². The molecule has 0 saturated carbocycles. The number of aromatic amines is 1. The standard InChI is InChI=1S/C4H4N4O2S/c1-11(9,10)4-3(2-5)6-8-7-4/h1H3,(H,6,7,8). The molecule has 1 aromatic rings. The summed E-state index contributed by atoms with van der Waals surface area (Å²) in [5.74, 6) is 0. The number of sulfone groups is 1. The molecule has 7 heteroatoms. The van der Waals surface area contributed by atoms with Crippen LogP contribution in [0, 0.1) is 11.3 Å². The molecular formula is C4H4N4O2S. The van der Waals surface area contributed by atoms with Crippen molar-refractivity contribution in [2.45, 2.75) is 5.03 Å². The second kappa shape index (κ2) is 2.32. The van der Waals surface area contributed by atoms with Gasteiger partial charge in [-0.25, -0.2) is 8.42 Å². The van der Waals surface area contributed by atoms with Crippen LogP contribution in [0.15, 0.2) is 5.03 Å². The summed E-state index contributed by atoms with van der Waals surface area (Å²) in [6, 6.07) is 1.60. The molecular weight excluding hydrogens is 168 g/mol. The van der Waals surface area contributed by atoms with Crippen molar-refractivity contribution in [3.63, 3.8) is 0 Å². The van der Waals surface area contributed by atoms with Crippen LogP contribution in [0.1, 0.15) is 5.69 Å². The van der Waals surface area contributed by atoms with E-state index >= 15 is 0 Å². The molecule has 0 aliphatic rings. The number of nitrogens with zero attached hydrogens (tertiary/aromatic N) is 3. The molecule has 6 nitrogen and oxygen atoms in total. The third kappa shape index (κ3) is 1.35. The van der Waals surface area contributed by atoms with Gasteiger partial charge in [-0.1, -0.05) is 0 Å². The molecule has 0 radical (unpaired) electrons. The van der Waals surface area contributed by atoms with Gasteiger partial charge in [0.1, 0.15) is 6.07 Å². The summed E-state index contributed by atoms with van der Waals surface area (Å²) in [5.41, 5.74) is -0.201. The van der Waals surface area contributed by atoms with Gasteiger partial charge < -0.3 is 0 Å². The zero-order valence-corrected chi connectivity index (χ0v) is 6.38. The maximum atomic E-state index is 10.8. The van der Waals surface area contributed by atoms with Gasteiger partial charge in [-0.3, -0.25) is 0 Å². The van der Waals surface area contributed by atoms with Crippen molar-refractivity contribution in [3.05, 3.63) is 5.69 Å². The van der Waals surface area contributed by atoms with E-state index in [1.165, 1.54) is 0 Å². The van der Waals surface area contributed by atoms with Crippen LogP contribution in [-0.4, -0.2) is 30.1 Å². The smallest absolute Gasteiger partial charge is 0.214 e. The predicted molar refractivity (Wildman–Crippen MR) is 34.2 cm³/mol. The fourth-order valence-corrected chi connectivity index (χ4v) is 1.20. The second-order valence-electron chi connectivity index (χ2n) is 1.86. The highest BCUT2D eigenvalue weighted by Crippen LogP contribution is 2.06. The first-order valence-electron chi connectivity index (χ1n) is 2.56. The number of rotatable bonds is 1. The van der Waals surface area contributed by atoms with Crippen molar-refractivity contribution >= 4 is 9.84 Å². The van der Waals surface area contributed by atoms with Crippen molar-refractivity contribution in [2.75, 3.05) is 6.26 Å². The third-order valence-corrected chi connectivity index (χ3v) is 1.96. The fraction of sp³-hybridized carbons (Fsp3) is 0.250. The lowest BCUT2D eigenvalue weighted by molar-refractivity contribution is 0.597. The number of H-pyrrole nitrogens is 1. The molecule has 0 aliphatic carbocycles. The Hall–Kier alpha value is -1.42. The molecule has 1 rings (SSSR count). The van der Waals surface area contributed by atoms with E-state index in [1.807, 2.05) is 0 Å². The Morgan fingerprint density at radius 1 is 1.55 bits per heavy atom. The Labute approximate surface area is 62.8 Å². The Morgan fingerprint density at radius 3 is 2.55 bits per heavy atom. The van der Waals surface area contributed by atoms with Crippen LogP contribution in [0.5, 0.6) is 0 Å². The third-order valence-electron chi connectivity index (χ3n) is 0.973. The molecule has 0 bridgehead atoms. The Bertz CT molecular complexity index is 398. The van der Waals surface area contributed by atoms with Crippen LogP contribution in [0.3, 0.4) is 0 Å². The van der Waals surface area contributed by atoms with E-state index in [0.717, 1.165) is 6.26 Å². The van der Waals surface area contributed by atoms with Gasteiger partial charge in [0.2, 0.25) is 10.7 Å². The van der Waals surface area contributed by atoms with E-state index in [2.05, 4.69) is 15.4 Å². The first-order valence-corrected chi connectivity index (χ1v) is 4.46. The van der Waals surface area contributed by atoms with Crippen molar-refractivity contribution < 1.29 is 8.42 Å². The molecule has 0 aliphatic heterocycles. The van der Waals surface area contributed by atoms with Gasteiger partial charge in [0.25, 0.3) is 0 Å². The van der Waals surface area contributed by atoms with E-state index in [4.69, 9.17) is 5.26 Å². The molecule has 58 valence electrons. The topological polar surface area (TPSA) is 99.5 Å². The number of hydrogen-bond donors (Lipinski definition) is 1. The molecule has 1 heterocycles.